The van der Waals surface area contributed by atoms with Crippen LogP contribution in [0, 0.1) is 0 Å². The van der Waals surface area contributed by atoms with Gasteiger partial charge in [-0.2, -0.15) is 11.8 Å². The zero-order chi connectivity index (χ0) is 22.6. The Morgan fingerprint density at radius 3 is 2.55 bits per heavy atom. The lowest BCUT2D eigenvalue weighted by Crippen LogP contribution is -2.47. The van der Waals surface area contributed by atoms with Gasteiger partial charge in [-0.3, -0.25) is 9.59 Å². The van der Waals surface area contributed by atoms with E-state index in [2.05, 4.69) is 24.4 Å². The third kappa shape index (κ3) is 8.76. The van der Waals surface area contributed by atoms with Gasteiger partial charge in [0.05, 0.1) is 0 Å². The van der Waals surface area contributed by atoms with E-state index in [1.807, 2.05) is 18.2 Å². The number of carbonyl (C=O) groups excluding carboxylic acids is 2. The van der Waals surface area contributed by atoms with Crippen LogP contribution in [-0.4, -0.2) is 35.1 Å². The number of halogens is 2. The Balaban J connectivity index is 2.02. The van der Waals surface area contributed by atoms with Crippen molar-refractivity contribution < 1.29 is 9.59 Å². The summed E-state index contributed by atoms with van der Waals surface area (Å²) in [6, 6.07) is 14.8. The lowest BCUT2D eigenvalue weighted by Gasteiger charge is -2.29. The number of nitrogens with zero attached hydrogens (tertiary/aromatic N) is 1. The maximum Gasteiger partial charge on any atom is 0.242 e. The van der Waals surface area contributed by atoms with E-state index in [1.165, 1.54) is 5.56 Å². The highest BCUT2D eigenvalue weighted by Crippen LogP contribution is 2.24. The molecule has 0 fully saturated rings. The van der Waals surface area contributed by atoms with Crippen LogP contribution in [0.25, 0.3) is 0 Å². The van der Waals surface area contributed by atoms with E-state index in [-0.39, 0.29) is 18.4 Å². The SMILES string of the molecule is CCCCNC(=O)[C@H](C)N(Cc1ccc(Cl)cc1Cl)C(=O)CCSCc1ccccc1. The van der Waals surface area contributed by atoms with Crippen molar-refractivity contribution in [1.29, 1.82) is 0 Å². The lowest BCUT2D eigenvalue weighted by atomic mass is 10.1. The zero-order valence-electron chi connectivity index (χ0n) is 18.1. The first-order chi connectivity index (χ1) is 14.9. The highest BCUT2D eigenvalue weighted by atomic mass is 35.5. The Labute approximate surface area is 199 Å². The summed E-state index contributed by atoms with van der Waals surface area (Å²) in [6.45, 7) is 4.71. The summed E-state index contributed by atoms with van der Waals surface area (Å²) in [5, 5.41) is 3.95. The number of hydrogen-bond acceptors (Lipinski definition) is 3. The Morgan fingerprint density at radius 2 is 1.87 bits per heavy atom. The van der Waals surface area contributed by atoms with Crippen molar-refractivity contribution in [2.75, 3.05) is 12.3 Å². The molecule has 0 radical (unpaired) electrons. The number of hydrogen-bond donors (Lipinski definition) is 1. The first-order valence-corrected chi connectivity index (χ1v) is 12.5. The number of nitrogens with one attached hydrogen (secondary N) is 1. The molecule has 2 rings (SSSR count). The average Bonchev–Trinajstić information content (AvgIpc) is 2.76. The maximum absolute atomic E-state index is 13.1. The van der Waals surface area contributed by atoms with Crippen molar-refractivity contribution in [3.05, 3.63) is 69.7 Å². The van der Waals surface area contributed by atoms with E-state index < -0.39 is 6.04 Å². The highest BCUT2D eigenvalue weighted by Gasteiger charge is 2.26. The Bertz CT molecular complexity index is 849. The molecule has 0 saturated carbocycles. The molecule has 7 heteroatoms. The third-order valence-electron chi connectivity index (χ3n) is 4.92. The number of carbonyl (C=O) groups is 2. The predicted molar refractivity (Wildman–Crippen MR) is 132 cm³/mol. The molecule has 0 aromatic heterocycles. The van der Waals surface area contributed by atoms with E-state index >= 15 is 0 Å². The highest BCUT2D eigenvalue weighted by molar-refractivity contribution is 7.98. The average molecular weight is 481 g/mol. The van der Waals surface area contributed by atoms with Crippen molar-refractivity contribution >= 4 is 46.8 Å². The minimum Gasteiger partial charge on any atom is -0.354 e. The van der Waals surface area contributed by atoms with Gasteiger partial charge in [0.25, 0.3) is 0 Å². The van der Waals surface area contributed by atoms with Crippen LogP contribution >= 0.6 is 35.0 Å². The van der Waals surface area contributed by atoms with E-state index in [0.29, 0.717) is 28.8 Å². The number of benzene rings is 2. The first kappa shape index (κ1) is 25.6. The second-order valence-corrected chi connectivity index (χ2v) is 9.31. The van der Waals surface area contributed by atoms with Crippen LogP contribution in [0.15, 0.2) is 48.5 Å². The Kier molecular flexibility index (Phi) is 11.3. The van der Waals surface area contributed by atoms with Gasteiger partial charge in [-0.15, -0.1) is 0 Å². The van der Waals surface area contributed by atoms with Gasteiger partial charge in [0.1, 0.15) is 6.04 Å². The largest absolute Gasteiger partial charge is 0.354 e. The van der Waals surface area contributed by atoms with Crippen LogP contribution in [0.3, 0.4) is 0 Å². The van der Waals surface area contributed by atoms with Crippen LogP contribution in [-0.2, 0) is 21.9 Å². The van der Waals surface area contributed by atoms with Crippen molar-refractivity contribution in [2.45, 2.75) is 51.4 Å². The fourth-order valence-corrected chi connectivity index (χ4v) is 4.38. The van der Waals surface area contributed by atoms with Gasteiger partial charge in [0.15, 0.2) is 0 Å². The molecule has 2 aromatic rings. The summed E-state index contributed by atoms with van der Waals surface area (Å²) in [6.07, 6.45) is 2.26. The summed E-state index contributed by atoms with van der Waals surface area (Å²) in [4.78, 5) is 27.3. The Morgan fingerprint density at radius 1 is 1.13 bits per heavy atom. The van der Waals surface area contributed by atoms with Gasteiger partial charge in [-0.25, -0.2) is 0 Å². The number of thioether (sulfide) groups is 1. The molecular weight excluding hydrogens is 451 g/mol. The van der Waals surface area contributed by atoms with Gasteiger partial charge in [-0.05, 0) is 36.6 Å². The van der Waals surface area contributed by atoms with Crippen LogP contribution < -0.4 is 5.32 Å². The normalized spacial score (nSPS) is 11.7. The quantitative estimate of drug-likeness (QED) is 0.381. The molecule has 0 aliphatic rings. The molecule has 0 aliphatic heterocycles. The minimum absolute atomic E-state index is 0.0651. The van der Waals surface area contributed by atoms with Gasteiger partial charge in [-0.1, -0.05) is 72.9 Å². The summed E-state index contributed by atoms with van der Waals surface area (Å²) in [5.41, 5.74) is 2.00. The monoisotopic (exact) mass is 480 g/mol. The lowest BCUT2D eigenvalue weighted by molar-refractivity contribution is -0.140. The van der Waals surface area contributed by atoms with Gasteiger partial charge < -0.3 is 10.2 Å². The molecular formula is C24H30Cl2N2O2S. The summed E-state index contributed by atoms with van der Waals surface area (Å²) >= 11 is 14.0. The molecule has 0 unspecified atom stereocenters. The van der Waals surface area contributed by atoms with Crippen molar-refractivity contribution in [2.24, 2.45) is 0 Å². The van der Waals surface area contributed by atoms with E-state index in [9.17, 15) is 9.59 Å². The second kappa shape index (κ2) is 13.7. The number of rotatable bonds is 12. The van der Waals surface area contributed by atoms with Gasteiger partial charge >= 0.3 is 0 Å². The molecule has 4 nitrogen and oxygen atoms in total. The third-order valence-corrected chi connectivity index (χ3v) is 6.54. The van der Waals surface area contributed by atoms with Gasteiger partial charge in [0, 0.05) is 41.1 Å². The van der Waals surface area contributed by atoms with Crippen LogP contribution in [0.4, 0.5) is 0 Å². The summed E-state index contributed by atoms with van der Waals surface area (Å²) < 4.78 is 0. The molecule has 1 atom stereocenters. The van der Waals surface area contributed by atoms with Crippen molar-refractivity contribution in [1.82, 2.24) is 10.2 Å². The van der Waals surface area contributed by atoms with Crippen LogP contribution in [0.2, 0.25) is 10.0 Å². The molecule has 2 aromatic carbocycles. The number of amides is 2. The van der Waals surface area contributed by atoms with E-state index in [0.717, 1.165) is 24.2 Å². The fourth-order valence-electron chi connectivity index (χ4n) is 3.02. The number of unbranched alkanes of at least 4 members (excludes halogenated alkanes) is 1. The summed E-state index contributed by atoms with van der Waals surface area (Å²) in [5.74, 6) is 1.32. The standard InChI is InChI=1S/C24H30Cl2N2O2S/c1-3-4-13-27-24(30)18(2)28(16-20-10-11-21(25)15-22(20)26)23(29)12-14-31-17-19-8-6-5-7-9-19/h5-11,15,18H,3-4,12-14,16-17H2,1-2H3,(H,27,30)/t18-/m0/s1. The van der Waals surface area contributed by atoms with Gasteiger partial charge in [0.2, 0.25) is 11.8 Å². The summed E-state index contributed by atoms with van der Waals surface area (Å²) in [7, 11) is 0. The minimum atomic E-state index is -0.588. The Hall–Kier alpha value is -1.69. The fraction of sp³-hybridized carbons (Fsp3) is 0.417. The molecule has 2 amide bonds. The van der Waals surface area contributed by atoms with Crippen molar-refractivity contribution in [3.8, 4) is 0 Å². The topological polar surface area (TPSA) is 49.4 Å². The zero-order valence-corrected chi connectivity index (χ0v) is 20.4. The molecule has 0 aliphatic carbocycles. The molecule has 0 spiro atoms. The molecule has 0 saturated heterocycles. The van der Waals surface area contributed by atoms with Crippen LogP contribution in [0.5, 0.6) is 0 Å². The predicted octanol–water partition coefficient (Wildman–Crippen LogP) is 5.95. The van der Waals surface area contributed by atoms with Crippen molar-refractivity contribution in [3.63, 3.8) is 0 Å². The molecule has 168 valence electrons. The molecule has 0 heterocycles. The van der Waals surface area contributed by atoms with Crippen LogP contribution in [0.1, 0.15) is 44.2 Å². The molecule has 0 bridgehead atoms. The van der Waals surface area contributed by atoms with E-state index in [4.69, 9.17) is 23.2 Å². The smallest absolute Gasteiger partial charge is 0.242 e. The van der Waals surface area contributed by atoms with E-state index in [1.54, 1.807) is 41.8 Å². The molecule has 1 N–H and O–H groups in total. The molecule has 31 heavy (non-hydrogen) atoms. The first-order valence-electron chi connectivity index (χ1n) is 10.5. The maximum atomic E-state index is 13.1. The second-order valence-electron chi connectivity index (χ2n) is 7.37.